The van der Waals surface area contributed by atoms with E-state index in [9.17, 15) is 18.0 Å². The number of fused-ring (bicyclic) bond motifs is 1. The molecule has 188 valence electrons. The van der Waals surface area contributed by atoms with Crippen LogP contribution in [0, 0.1) is 20.8 Å². The summed E-state index contributed by atoms with van der Waals surface area (Å²) in [6.07, 6.45) is 2.04. The zero-order valence-corrected chi connectivity index (χ0v) is 22.0. The monoisotopic (exact) mass is 505 g/mol. The molecule has 0 fully saturated rings. The molecule has 0 bridgehead atoms. The normalized spacial score (nSPS) is 11.5. The van der Waals surface area contributed by atoms with Crippen molar-refractivity contribution in [2.24, 2.45) is 0 Å². The molecule has 0 radical (unpaired) electrons. The molecule has 36 heavy (non-hydrogen) atoms. The zero-order valence-electron chi connectivity index (χ0n) is 21.1. The predicted octanol–water partition coefficient (Wildman–Crippen LogP) is 4.54. The van der Waals surface area contributed by atoms with E-state index in [1.165, 1.54) is 0 Å². The SMILES string of the molecule is Cc1cc(C)c(CNC(=O)c2cc(-c3cccc(C[SH](=O)=O)c3)cc3c2c(C)cn3C(C)C)c(=O)[nH]1. The third kappa shape index (κ3) is 5.14. The van der Waals surface area contributed by atoms with Gasteiger partial charge in [-0.05, 0) is 80.6 Å². The molecule has 2 heterocycles. The Hall–Kier alpha value is -3.65. The summed E-state index contributed by atoms with van der Waals surface area (Å²) in [6, 6.07) is 13.3. The van der Waals surface area contributed by atoms with Gasteiger partial charge in [0.05, 0.1) is 5.75 Å². The number of H-pyrrole nitrogens is 1. The minimum Gasteiger partial charge on any atom is -0.348 e. The van der Waals surface area contributed by atoms with Gasteiger partial charge < -0.3 is 14.9 Å². The molecule has 4 aromatic rings. The molecule has 0 spiro atoms. The van der Waals surface area contributed by atoms with E-state index in [0.29, 0.717) is 16.7 Å². The predicted molar refractivity (Wildman–Crippen MR) is 144 cm³/mol. The first-order valence-corrected chi connectivity index (χ1v) is 13.2. The third-order valence-electron chi connectivity index (χ3n) is 6.42. The van der Waals surface area contributed by atoms with Gasteiger partial charge in [-0.2, -0.15) is 0 Å². The Bertz CT molecular complexity index is 1600. The number of benzene rings is 2. The van der Waals surface area contributed by atoms with E-state index in [-0.39, 0.29) is 29.8 Å². The number of aryl methyl sites for hydroxylation is 3. The fraction of sp³-hybridized carbons (Fsp3) is 0.286. The molecule has 1 amide bonds. The van der Waals surface area contributed by atoms with Gasteiger partial charge in [-0.15, -0.1) is 0 Å². The van der Waals surface area contributed by atoms with Crippen LogP contribution in [0.4, 0.5) is 0 Å². The van der Waals surface area contributed by atoms with Gasteiger partial charge in [-0.3, -0.25) is 9.59 Å². The minimum atomic E-state index is -2.54. The molecular weight excluding hydrogens is 474 g/mol. The molecule has 2 aromatic heterocycles. The van der Waals surface area contributed by atoms with Crippen molar-refractivity contribution >= 4 is 27.5 Å². The Morgan fingerprint density at radius 3 is 2.44 bits per heavy atom. The first kappa shape index (κ1) is 25.4. The molecule has 8 heteroatoms. The lowest BCUT2D eigenvalue weighted by molar-refractivity contribution is 0.0952. The summed E-state index contributed by atoms with van der Waals surface area (Å²) < 4.78 is 24.7. The number of rotatable bonds is 7. The van der Waals surface area contributed by atoms with Crippen molar-refractivity contribution in [3.05, 3.63) is 92.5 Å². The third-order valence-corrected chi connectivity index (χ3v) is 7.04. The molecule has 0 aliphatic rings. The van der Waals surface area contributed by atoms with E-state index in [1.54, 1.807) is 6.07 Å². The quantitative estimate of drug-likeness (QED) is 0.321. The summed E-state index contributed by atoms with van der Waals surface area (Å²) in [7, 11) is -2.54. The average molecular weight is 506 g/mol. The number of hydrogen-bond donors (Lipinski definition) is 3. The molecule has 0 unspecified atom stereocenters. The molecule has 2 aromatic carbocycles. The maximum absolute atomic E-state index is 13.5. The number of aromatic nitrogens is 2. The summed E-state index contributed by atoms with van der Waals surface area (Å²) in [4.78, 5) is 28.8. The maximum atomic E-state index is 13.5. The number of thiol groups is 1. The second kappa shape index (κ2) is 10.1. The maximum Gasteiger partial charge on any atom is 0.253 e. The van der Waals surface area contributed by atoms with E-state index in [2.05, 4.69) is 28.7 Å². The number of carbonyl (C=O) groups is 1. The highest BCUT2D eigenvalue weighted by Crippen LogP contribution is 2.33. The summed E-state index contributed by atoms with van der Waals surface area (Å²) in [5.74, 6) is -0.311. The highest BCUT2D eigenvalue weighted by Gasteiger charge is 2.19. The molecule has 0 saturated heterocycles. The van der Waals surface area contributed by atoms with Crippen LogP contribution in [0.5, 0.6) is 0 Å². The Balaban J connectivity index is 1.82. The molecule has 4 rings (SSSR count). The van der Waals surface area contributed by atoms with Crippen LogP contribution in [0.25, 0.3) is 22.0 Å². The van der Waals surface area contributed by atoms with Crippen LogP contribution in [0.15, 0.2) is 53.5 Å². The highest BCUT2D eigenvalue weighted by atomic mass is 32.2. The highest BCUT2D eigenvalue weighted by molar-refractivity contribution is 7.71. The van der Waals surface area contributed by atoms with Crippen LogP contribution in [0.3, 0.4) is 0 Å². The largest absolute Gasteiger partial charge is 0.348 e. The van der Waals surface area contributed by atoms with E-state index < -0.39 is 10.7 Å². The van der Waals surface area contributed by atoms with Gasteiger partial charge >= 0.3 is 0 Å². The molecule has 0 aliphatic heterocycles. The zero-order chi connectivity index (χ0) is 26.1. The summed E-state index contributed by atoms with van der Waals surface area (Å²) in [5, 5.41) is 3.80. The lowest BCUT2D eigenvalue weighted by atomic mass is 9.97. The second-order valence-corrected chi connectivity index (χ2v) is 10.5. The summed E-state index contributed by atoms with van der Waals surface area (Å²) in [6.45, 7) is 9.95. The van der Waals surface area contributed by atoms with Crippen molar-refractivity contribution in [3.63, 3.8) is 0 Å². The van der Waals surface area contributed by atoms with Gasteiger partial charge in [0.25, 0.3) is 11.5 Å². The number of nitrogens with zero attached hydrogens (tertiary/aromatic N) is 1. The van der Waals surface area contributed by atoms with Gasteiger partial charge in [-0.25, -0.2) is 8.42 Å². The number of aromatic amines is 1. The number of amides is 1. The second-order valence-electron chi connectivity index (χ2n) is 9.55. The van der Waals surface area contributed by atoms with Crippen LogP contribution in [0.2, 0.25) is 0 Å². The Morgan fingerprint density at radius 2 is 1.78 bits per heavy atom. The Kier molecular flexibility index (Phi) is 7.17. The Morgan fingerprint density at radius 1 is 1.03 bits per heavy atom. The first-order valence-electron chi connectivity index (χ1n) is 11.9. The molecule has 0 atom stereocenters. The fourth-order valence-corrected chi connectivity index (χ4v) is 5.22. The first-order chi connectivity index (χ1) is 17.0. The van der Waals surface area contributed by atoms with Crippen molar-refractivity contribution < 1.29 is 13.2 Å². The lowest BCUT2D eigenvalue weighted by Gasteiger charge is -2.14. The topological polar surface area (TPSA) is 101 Å². The van der Waals surface area contributed by atoms with Crippen LogP contribution in [0.1, 0.15) is 58.2 Å². The van der Waals surface area contributed by atoms with E-state index in [4.69, 9.17) is 0 Å². The van der Waals surface area contributed by atoms with Crippen molar-refractivity contribution in [1.82, 2.24) is 14.9 Å². The number of nitrogens with one attached hydrogen (secondary N) is 2. The number of carbonyl (C=O) groups excluding carboxylic acids is 1. The van der Waals surface area contributed by atoms with Crippen LogP contribution >= 0.6 is 0 Å². The van der Waals surface area contributed by atoms with Crippen molar-refractivity contribution in [1.29, 1.82) is 0 Å². The standard InChI is InChI=1S/C28H31N3O4S/c1-16(2)31-14-18(4)26-23(27(32)29-13-24-17(3)9-19(5)30-28(24)33)11-22(12-25(26)31)21-8-6-7-20(10-21)15-36(34)35/h6-12,14,16,36H,13,15H2,1-5H3,(H,29,32)(H,30,33). The van der Waals surface area contributed by atoms with E-state index in [1.807, 2.05) is 63.4 Å². The Labute approximate surface area is 212 Å². The lowest BCUT2D eigenvalue weighted by Crippen LogP contribution is -2.28. The van der Waals surface area contributed by atoms with Crippen molar-refractivity contribution in [2.75, 3.05) is 0 Å². The average Bonchev–Trinajstić information content (AvgIpc) is 3.14. The van der Waals surface area contributed by atoms with Gasteiger partial charge in [0.2, 0.25) is 0 Å². The van der Waals surface area contributed by atoms with Crippen molar-refractivity contribution in [3.8, 4) is 11.1 Å². The van der Waals surface area contributed by atoms with Crippen LogP contribution in [-0.4, -0.2) is 23.9 Å². The van der Waals surface area contributed by atoms with Gasteiger partial charge in [0.1, 0.15) is 10.7 Å². The van der Waals surface area contributed by atoms with Crippen LogP contribution < -0.4 is 10.9 Å². The molecule has 0 aliphatic carbocycles. The molecule has 0 saturated carbocycles. The summed E-state index contributed by atoms with van der Waals surface area (Å²) >= 11 is 0. The summed E-state index contributed by atoms with van der Waals surface area (Å²) in [5.41, 5.74) is 6.69. The molecular formula is C28H31N3O4S. The van der Waals surface area contributed by atoms with E-state index >= 15 is 0 Å². The molecule has 2 N–H and O–H groups in total. The molecule has 7 nitrogen and oxygen atoms in total. The minimum absolute atomic E-state index is 0.0370. The van der Waals surface area contributed by atoms with Gasteiger partial charge in [0.15, 0.2) is 0 Å². The number of hydrogen-bond acceptors (Lipinski definition) is 4. The van der Waals surface area contributed by atoms with E-state index in [0.717, 1.165) is 38.9 Å². The van der Waals surface area contributed by atoms with Crippen LogP contribution in [-0.2, 0) is 23.0 Å². The van der Waals surface area contributed by atoms with Gasteiger partial charge in [0, 0.05) is 46.5 Å². The fourth-order valence-electron chi connectivity index (χ4n) is 4.72. The number of pyridine rings is 1. The smallest absolute Gasteiger partial charge is 0.253 e. The van der Waals surface area contributed by atoms with Gasteiger partial charge in [-0.1, -0.05) is 24.3 Å². The van der Waals surface area contributed by atoms with Crippen molar-refractivity contribution in [2.45, 2.75) is 53.0 Å².